The molecule has 0 spiro atoms. The van der Waals surface area contributed by atoms with Crippen LogP contribution in [0.4, 0.5) is 10.6 Å². The van der Waals surface area contributed by atoms with E-state index in [2.05, 4.69) is 43.8 Å². The maximum atomic E-state index is 13.2. The van der Waals surface area contributed by atoms with Crippen molar-refractivity contribution in [3.63, 3.8) is 0 Å². The van der Waals surface area contributed by atoms with Crippen molar-refractivity contribution in [2.75, 3.05) is 13.1 Å². The van der Waals surface area contributed by atoms with E-state index >= 15 is 0 Å². The molecule has 3 rings (SSSR count). The summed E-state index contributed by atoms with van der Waals surface area (Å²) in [4.78, 5) is 43.3. The highest BCUT2D eigenvalue weighted by molar-refractivity contribution is 6.06. The average molecular weight is 552 g/mol. The highest BCUT2D eigenvalue weighted by Crippen LogP contribution is 2.31. The molecule has 40 heavy (non-hydrogen) atoms. The molecule has 0 unspecified atom stereocenters. The summed E-state index contributed by atoms with van der Waals surface area (Å²) in [6.07, 6.45) is 2.93. The molecule has 216 valence electrons. The van der Waals surface area contributed by atoms with Crippen molar-refractivity contribution in [1.29, 1.82) is 0 Å². The molecule has 0 fully saturated rings. The van der Waals surface area contributed by atoms with Crippen molar-refractivity contribution in [2.45, 2.75) is 78.0 Å². The predicted octanol–water partition coefficient (Wildman–Crippen LogP) is 3.32. The van der Waals surface area contributed by atoms with Crippen LogP contribution >= 0.6 is 0 Å². The van der Waals surface area contributed by atoms with E-state index in [4.69, 9.17) is 21.2 Å². The lowest BCUT2D eigenvalue weighted by molar-refractivity contribution is -0.123. The first-order chi connectivity index (χ1) is 19.0. The molecule has 0 saturated carbocycles. The van der Waals surface area contributed by atoms with Crippen LogP contribution in [0.1, 0.15) is 59.2 Å². The molecule has 0 saturated heterocycles. The zero-order valence-electron chi connectivity index (χ0n) is 23.9. The Morgan fingerprint density at radius 2 is 1.93 bits per heavy atom. The van der Waals surface area contributed by atoms with Gasteiger partial charge in [0, 0.05) is 31.4 Å². The number of nitrogens with zero attached hydrogens (tertiary/aromatic N) is 5. The highest BCUT2D eigenvalue weighted by atomic mass is 16.6. The van der Waals surface area contributed by atoms with Crippen LogP contribution in [0.25, 0.3) is 21.9 Å². The molecule has 12 heteroatoms. The molecule has 0 radical (unpaired) electrons. The topological polar surface area (TPSA) is 175 Å². The van der Waals surface area contributed by atoms with Crippen LogP contribution in [0.15, 0.2) is 34.3 Å². The summed E-state index contributed by atoms with van der Waals surface area (Å²) in [5, 5.41) is 6.61. The number of aromatic nitrogens is 3. The van der Waals surface area contributed by atoms with E-state index in [-0.39, 0.29) is 11.9 Å². The highest BCUT2D eigenvalue weighted by Gasteiger charge is 2.24. The Kier molecular flexibility index (Phi) is 10.4. The van der Waals surface area contributed by atoms with Crippen LogP contribution in [-0.2, 0) is 22.5 Å². The standard InChI is InChI=1S/C28H41N9O3/c1-6-7-14-21-36-22-23(18-11-8-9-12-19(18)34-24(22)31-5)37(21)17-16-32-25(38)20(13-10-15-33-26(29)30)35-27(39)40-28(2,3)4/h8-9,11-12,20H,5-7,10,13-17H2,1-4H3,(H,32,38)(H,35,39)(H4,29,30,33)/t20-/m0/s1. The second-order valence-corrected chi connectivity index (χ2v) is 10.5. The predicted molar refractivity (Wildman–Crippen MR) is 159 cm³/mol. The number of pyridine rings is 1. The molecule has 1 atom stereocenters. The number of carbonyl (C=O) groups is 2. The molecule has 6 N–H and O–H groups in total. The fraction of sp³-hybridized carbons (Fsp3) is 0.500. The van der Waals surface area contributed by atoms with E-state index in [1.54, 1.807) is 20.8 Å². The van der Waals surface area contributed by atoms with Gasteiger partial charge in [-0.25, -0.2) is 19.8 Å². The Labute approximate surface area is 234 Å². The number of benzene rings is 1. The maximum Gasteiger partial charge on any atom is 0.408 e. The molecular weight excluding hydrogens is 510 g/mol. The number of unbranched alkanes of at least 4 members (excludes halogenated alkanes) is 1. The molecule has 0 aliphatic heterocycles. The lowest BCUT2D eigenvalue weighted by Gasteiger charge is -2.23. The summed E-state index contributed by atoms with van der Waals surface area (Å²) in [7, 11) is 0. The number of carbonyl (C=O) groups excluding carboxylic acids is 2. The third-order valence-electron chi connectivity index (χ3n) is 6.14. The Bertz CT molecular complexity index is 1370. The zero-order valence-corrected chi connectivity index (χ0v) is 23.9. The number of rotatable bonds is 13. The van der Waals surface area contributed by atoms with Crippen molar-refractivity contribution in [1.82, 2.24) is 25.2 Å². The van der Waals surface area contributed by atoms with Gasteiger partial charge in [-0.1, -0.05) is 31.5 Å². The van der Waals surface area contributed by atoms with Crippen molar-refractivity contribution in [3.05, 3.63) is 30.1 Å². The molecule has 0 bridgehead atoms. The number of aliphatic imine (C=N–C) groups is 2. The number of hydrogen-bond donors (Lipinski definition) is 4. The number of fused-ring (bicyclic) bond motifs is 3. The number of ether oxygens (including phenoxy) is 1. The van der Waals surface area contributed by atoms with Gasteiger partial charge in [-0.05, 0) is 52.8 Å². The zero-order chi connectivity index (χ0) is 29.3. The third-order valence-corrected chi connectivity index (χ3v) is 6.14. The number of guanidine groups is 1. The Morgan fingerprint density at radius 3 is 2.60 bits per heavy atom. The summed E-state index contributed by atoms with van der Waals surface area (Å²) in [5.41, 5.74) is 12.5. The molecule has 2 aromatic heterocycles. The number of hydrogen-bond acceptors (Lipinski definition) is 7. The minimum absolute atomic E-state index is 0.0231. The van der Waals surface area contributed by atoms with Crippen molar-refractivity contribution in [3.8, 4) is 0 Å². The first-order valence-electron chi connectivity index (χ1n) is 13.6. The Morgan fingerprint density at radius 1 is 1.18 bits per heavy atom. The van der Waals surface area contributed by atoms with Gasteiger partial charge in [0.25, 0.3) is 0 Å². The number of nitrogens with one attached hydrogen (secondary N) is 2. The van der Waals surface area contributed by atoms with Gasteiger partial charge in [0.1, 0.15) is 23.0 Å². The number of nitrogens with two attached hydrogens (primary N) is 2. The van der Waals surface area contributed by atoms with Crippen LogP contribution < -0.4 is 22.1 Å². The third kappa shape index (κ3) is 8.14. The summed E-state index contributed by atoms with van der Waals surface area (Å²) in [6, 6.07) is 7.02. The normalized spacial score (nSPS) is 12.2. The number of amides is 2. The fourth-order valence-electron chi connectivity index (χ4n) is 4.38. The quantitative estimate of drug-likeness (QED) is 0.143. The van der Waals surface area contributed by atoms with E-state index in [0.717, 1.165) is 41.5 Å². The smallest absolute Gasteiger partial charge is 0.408 e. The molecule has 0 aliphatic rings. The van der Waals surface area contributed by atoms with Crippen molar-refractivity contribution < 1.29 is 14.3 Å². The van der Waals surface area contributed by atoms with Gasteiger partial charge in [0.15, 0.2) is 11.8 Å². The molecule has 2 amide bonds. The van der Waals surface area contributed by atoms with E-state index in [1.807, 2.05) is 24.3 Å². The second-order valence-electron chi connectivity index (χ2n) is 10.5. The van der Waals surface area contributed by atoms with E-state index in [9.17, 15) is 9.59 Å². The monoisotopic (exact) mass is 551 g/mol. The minimum atomic E-state index is -0.815. The van der Waals surface area contributed by atoms with Gasteiger partial charge in [-0.3, -0.25) is 9.79 Å². The molecule has 0 aliphatic carbocycles. The van der Waals surface area contributed by atoms with Gasteiger partial charge in [0.2, 0.25) is 5.91 Å². The molecule has 1 aromatic carbocycles. The van der Waals surface area contributed by atoms with Gasteiger partial charge < -0.3 is 31.4 Å². The molecule has 12 nitrogen and oxygen atoms in total. The lowest BCUT2D eigenvalue weighted by atomic mass is 10.1. The van der Waals surface area contributed by atoms with Crippen molar-refractivity contribution in [2.24, 2.45) is 21.5 Å². The van der Waals surface area contributed by atoms with Crippen LogP contribution in [0.5, 0.6) is 0 Å². The van der Waals surface area contributed by atoms with E-state index < -0.39 is 17.7 Å². The van der Waals surface area contributed by atoms with Crippen LogP contribution in [0.3, 0.4) is 0 Å². The fourth-order valence-corrected chi connectivity index (χ4v) is 4.38. The first-order valence-corrected chi connectivity index (χ1v) is 13.6. The van der Waals surface area contributed by atoms with Crippen molar-refractivity contribution >= 4 is 52.4 Å². The van der Waals surface area contributed by atoms with Crippen LogP contribution in [-0.4, -0.2) is 63.9 Å². The summed E-state index contributed by atoms with van der Waals surface area (Å²) in [6.45, 7) is 12.2. The summed E-state index contributed by atoms with van der Waals surface area (Å²) < 4.78 is 7.48. The van der Waals surface area contributed by atoms with E-state index in [0.29, 0.717) is 43.8 Å². The van der Waals surface area contributed by atoms with Gasteiger partial charge in [-0.2, -0.15) is 0 Å². The lowest BCUT2D eigenvalue weighted by Crippen LogP contribution is -2.48. The molecular formula is C28H41N9O3. The van der Waals surface area contributed by atoms with Crippen LogP contribution in [0.2, 0.25) is 0 Å². The second kappa shape index (κ2) is 13.7. The number of para-hydroxylation sites is 1. The SMILES string of the molecule is C=Nc1nc2ccccc2c2c1nc(CCCC)n2CCNC(=O)[C@H](CCCN=C(N)N)NC(=O)OC(C)(C)C. The largest absolute Gasteiger partial charge is 0.444 e. The van der Waals surface area contributed by atoms with Gasteiger partial charge >= 0.3 is 6.09 Å². The van der Waals surface area contributed by atoms with Gasteiger partial charge in [0.05, 0.1) is 11.0 Å². The van der Waals surface area contributed by atoms with Crippen LogP contribution in [0, 0.1) is 0 Å². The minimum Gasteiger partial charge on any atom is -0.444 e. The Balaban J connectivity index is 1.82. The number of aryl methyl sites for hydroxylation is 1. The first kappa shape index (κ1) is 30.3. The number of alkyl carbamates (subject to hydrolysis) is 1. The average Bonchev–Trinajstić information content (AvgIpc) is 3.25. The molecule has 3 aromatic rings. The van der Waals surface area contributed by atoms with Gasteiger partial charge in [-0.15, -0.1) is 0 Å². The Hall–Kier alpha value is -4.22. The summed E-state index contributed by atoms with van der Waals surface area (Å²) in [5.74, 6) is 1.03. The molecule has 2 heterocycles. The van der Waals surface area contributed by atoms with E-state index in [1.165, 1.54) is 0 Å². The maximum absolute atomic E-state index is 13.2. The summed E-state index contributed by atoms with van der Waals surface area (Å²) >= 11 is 0. The number of imidazole rings is 1.